The van der Waals surface area contributed by atoms with Gasteiger partial charge in [0.15, 0.2) is 0 Å². The highest BCUT2D eigenvalue weighted by molar-refractivity contribution is 6.04. The zero-order valence-electron chi connectivity index (χ0n) is 15.6. The van der Waals surface area contributed by atoms with Gasteiger partial charge in [-0.25, -0.2) is 0 Å². The van der Waals surface area contributed by atoms with Crippen molar-refractivity contribution in [3.63, 3.8) is 0 Å². The van der Waals surface area contributed by atoms with E-state index in [2.05, 4.69) is 17.2 Å². The number of carbonyl (C=O) groups excluding carboxylic acids is 3. The van der Waals surface area contributed by atoms with E-state index in [1.54, 1.807) is 30.3 Å². The number of anilines is 1. The maximum absolute atomic E-state index is 12.1. The van der Waals surface area contributed by atoms with Gasteiger partial charge in [0.25, 0.3) is 5.91 Å². The highest BCUT2D eigenvalue weighted by Crippen LogP contribution is 2.15. The van der Waals surface area contributed by atoms with Crippen molar-refractivity contribution in [1.82, 2.24) is 5.32 Å². The smallest absolute Gasteiger partial charge is 0.306 e. The second-order valence-corrected chi connectivity index (χ2v) is 6.05. The third-order valence-corrected chi connectivity index (χ3v) is 3.91. The Hall–Kier alpha value is -3.41. The molecule has 0 aliphatic heterocycles. The highest BCUT2D eigenvalue weighted by Gasteiger charge is 2.13. The summed E-state index contributed by atoms with van der Waals surface area (Å²) in [6, 6.07) is 16.4. The Morgan fingerprint density at radius 3 is 2.43 bits per heavy atom. The van der Waals surface area contributed by atoms with Gasteiger partial charge in [-0.3, -0.25) is 14.4 Å². The summed E-state index contributed by atoms with van der Waals surface area (Å²) in [5, 5.41) is 5.34. The van der Waals surface area contributed by atoms with Gasteiger partial charge < -0.3 is 15.4 Å². The minimum atomic E-state index is -0.428. The van der Waals surface area contributed by atoms with Gasteiger partial charge in [0.2, 0.25) is 5.91 Å². The van der Waals surface area contributed by atoms with Crippen molar-refractivity contribution in [3.05, 3.63) is 78.4 Å². The minimum absolute atomic E-state index is 0.0211. The molecule has 0 radical (unpaired) electrons. The lowest BCUT2D eigenvalue weighted by Crippen LogP contribution is -2.25. The molecule has 0 unspecified atom stereocenters. The van der Waals surface area contributed by atoms with Crippen LogP contribution in [-0.4, -0.2) is 30.9 Å². The first kappa shape index (κ1) is 20.9. The third kappa shape index (κ3) is 7.07. The van der Waals surface area contributed by atoms with Crippen LogP contribution in [-0.2, 0) is 20.7 Å². The van der Waals surface area contributed by atoms with Crippen LogP contribution in [0.4, 0.5) is 5.69 Å². The number of ether oxygens (including phenoxy) is 1. The summed E-state index contributed by atoms with van der Waals surface area (Å²) in [5.41, 5.74) is 1.83. The van der Waals surface area contributed by atoms with Crippen molar-refractivity contribution in [2.24, 2.45) is 0 Å². The van der Waals surface area contributed by atoms with E-state index in [1.807, 2.05) is 30.3 Å². The third-order valence-electron chi connectivity index (χ3n) is 3.91. The average molecular weight is 380 g/mol. The van der Waals surface area contributed by atoms with E-state index < -0.39 is 5.97 Å². The normalized spacial score (nSPS) is 10.0. The summed E-state index contributed by atoms with van der Waals surface area (Å²) >= 11 is 0. The van der Waals surface area contributed by atoms with Crippen LogP contribution < -0.4 is 10.6 Å². The van der Waals surface area contributed by atoms with Crippen LogP contribution in [0, 0.1) is 0 Å². The second-order valence-electron chi connectivity index (χ2n) is 6.05. The molecule has 0 bridgehead atoms. The molecular weight excluding hydrogens is 356 g/mol. The van der Waals surface area contributed by atoms with Crippen molar-refractivity contribution >= 4 is 23.5 Å². The number of nitrogens with one attached hydrogen (secondary N) is 2. The van der Waals surface area contributed by atoms with Gasteiger partial charge in [-0.15, -0.1) is 6.58 Å². The molecule has 0 aliphatic carbocycles. The molecular formula is C22H24N2O4. The molecule has 0 spiro atoms. The average Bonchev–Trinajstić information content (AvgIpc) is 2.71. The molecule has 2 aromatic rings. The molecule has 6 heteroatoms. The standard InChI is InChI=1S/C22H24N2O4/c1-2-15-23-22(27)18-10-6-7-11-19(18)24-20(25)12-13-21(26)28-16-14-17-8-4-3-5-9-17/h2-11H,1,12-16H2,(H,23,27)(H,24,25). The lowest BCUT2D eigenvalue weighted by atomic mass is 10.1. The van der Waals surface area contributed by atoms with E-state index in [4.69, 9.17) is 4.74 Å². The summed E-state index contributed by atoms with van der Waals surface area (Å²) in [4.78, 5) is 36.1. The van der Waals surface area contributed by atoms with Crippen molar-refractivity contribution in [2.75, 3.05) is 18.5 Å². The molecule has 2 N–H and O–H groups in total. The maximum Gasteiger partial charge on any atom is 0.306 e. The van der Waals surface area contributed by atoms with Gasteiger partial charge in [-0.1, -0.05) is 48.5 Å². The first-order valence-electron chi connectivity index (χ1n) is 9.07. The predicted octanol–water partition coefficient (Wildman–Crippen LogP) is 3.11. The van der Waals surface area contributed by atoms with Crippen molar-refractivity contribution in [2.45, 2.75) is 19.3 Å². The Kier molecular flexibility index (Phi) is 8.46. The van der Waals surface area contributed by atoms with Crippen LogP contribution >= 0.6 is 0 Å². The maximum atomic E-state index is 12.1. The van der Waals surface area contributed by atoms with Gasteiger partial charge in [0.1, 0.15) is 0 Å². The van der Waals surface area contributed by atoms with E-state index in [9.17, 15) is 14.4 Å². The van der Waals surface area contributed by atoms with E-state index in [-0.39, 0.29) is 31.3 Å². The zero-order chi connectivity index (χ0) is 20.2. The lowest BCUT2D eigenvalue weighted by molar-refractivity contribution is -0.144. The predicted molar refractivity (Wildman–Crippen MR) is 108 cm³/mol. The summed E-state index contributed by atoms with van der Waals surface area (Å²) in [7, 11) is 0. The number of hydrogen-bond acceptors (Lipinski definition) is 4. The number of carbonyl (C=O) groups is 3. The van der Waals surface area contributed by atoms with Crippen LogP contribution in [0.3, 0.4) is 0 Å². The highest BCUT2D eigenvalue weighted by atomic mass is 16.5. The molecule has 0 heterocycles. The van der Waals surface area contributed by atoms with E-state index in [0.717, 1.165) is 5.56 Å². The first-order valence-corrected chi connectivity index (χ1v) is 9.07. The molecule has 6 nitrogen and oxygen atoms in total. The number of esters is 1. The van der Waals surface area contributed by atoms with Crippen LogP contribution in [0.2, 0.25) is 0 Å². The molecule has 2 rings (SSSR count). The van der Waals surface area contributed by atoms with Crippen LogP contribution in [0.25, 0.3) is 0 Å². The minimum Gasteiger partial charge on any atom is -0.465 e. The monoisotopic (exact) mass is 380 g/mol. The Bertz CT molecular complexity index is 818. The number of hydrogen-bond donors (Lipinski definition) is 2. The van der Waals surface area contributed by atoms with Crippen molar-refractivity contribution in [1.29, 1.82) is 0 Å². The van der Waals surface area contributed by atoms with Crippen LogP contribution in [0.15, 0.2) is 67.3 Å². The second kappa shape index (κ2) is 11.3. The molecule has 28 heavy (non-hydrogen) atoms. The Morgan fingerprint density at radius 1 is 0.964 bits per heavy atom. The van der Waals surface area contributed by atoms with Crippen molar-refractivity contribution < 1.29 is 19.1 Å². The van der Waals surface area contributed by atoms with Crippen molar-refractivity contribution in [3.8, 4) is 0 Å². The molecule has 2 amide bonds. The number of rotatable bonds is 10. The molecule has 146 valence electrons. The van der Waals surface area contributed by atoms with Gasteiger partial charge in [0.05, 0.1) is 24.3 Å². The molecule has 0 aliphatic rings. The number of para-hydroxylation sites is 1. The SMILES string of the molecule is C=CCNC(=O)c1ccccc1NC(=O)CCC(=O)OCCc1ccccc1. The van der Waals surface area contributed by atoms with Gasteiger partial charge in [-0.05, 0) is 17.7 Å². The Balaban J connectivity index is 1.77. The molecule has 0 aromatic heterocycles. The van der Waals surface area contributed by atoms with Gasteiger partial charge in [0, 0.05) is 19.4 Å². The lowest BCUT2D eigenvalue weighted by Gasteiger charge is -2.11. The fourth-order valence-electron chi connectivity index (χ4n) is 2.48. The van der Waals surface area contributed by atoms with Crippen LogP contribution in [0.1, 0.15) is 28.8 Å². The Labute approximate surface area is 164 Å². The molecule has 2 aromatic carbocycles. The van der Waals surface area contributed by atoms with Gasteiger partial charge >= 0.3 is 5.97 Å². The summed E-state index contributed by atoms with van der Waals surface area (Å²) < 4.78 is 5.16. The zero-order valence-corrected chi connectivity index (χ0v) is 15.6. The van der Waals surface area contributed by atoms with E-state index in [1.165, 1.54) is 0 Å². The van der Waals surface area contributed by atoms with Gasteiger partial charge in [-0.2, -0.15) is 0 Å². The van der Waals surface area contributed by atoms with E-state index in [0.29, 0.717) is 24.2 Å². The summed E-state index contributed by atoms with van der Waals surface area (Å²) in [5.74, 6) is -1.09. The van der Waals surface area contributed by atoms with Crippen LogP contribution in [0.5, 0.6) is 0 Å². The summed E-state index contributed by atoms with van der Waals surface area (Å²) in [6.45, 7) is 4.15. The van der Waals surface area contributed by atoms with E-state index >= 15 is 0 Å². The molecule has 0 saturated heterocycles. The number of amides is 2. The number of benzene rings is 2. The molecule has 0 atom stereocenters. The molecule has 0 fully saturated rings. The fourth-order valence-corrected chi connectivity index (χ4v) is 2.48. The first-order chi connectivity index (χ1) is 13.6. The quantitative estimate of drug-likeness (QED) is 0.490. The topological polar surface area (TPSA) is 84.5 Å². The largest absolute Gasteiger partial charge is 0.465 e. The molecule has 0 saturated carbocycles. The Morgan fingerprint density at radius 2 is 1.68 bits per heavy atom. The summed E-state index contributed by atoms with van der Waals surface area (Å²) in [6.07, 6.45) is 2.16. The fraction of sp³-hybridized carbons (Fsp3) is 0.227.